The topological polar surface area (TPSA) is 68.4 Å². The molecule has 0 saturated carbocycles. The van der Waals surface area contributed by atoms with Gasteiger partial charge in [0.1, 0.15) is 7.54 Å². The lowest BCUT2D eigenvalue weighted by Gasteiger charge is -2.23. The minimum Gasteiger partial charge on any atom is -0.358 e. The molecule has 5 nitrogen and oxygen atoms in total. The third kappa shape index (κ3) is 2.86. The molecule has 0 saturated heterocycles. The molecule has 0 fully saturated rings. The number of pyridine rings is 1. The number of dihydropyridines is 1. The second kappa shape index (κ2) is 4.91. The minimum atomic E-state index is -0.548. The molecule has 1 aromatic rings. The number of hydrogen-bond donors (Lipinski definition) is 0. The van der Waals surface area contributed by atoms with E-state index in [4.69, 9.17) is 1.37 Å². The van der Waals surface area contributed by atoms with Gasteiger partial charge >= 0.3 is 5.82 Å². The van der Waals surface area contributed by atoms with Crippen LogP contribution in [0.15, 0.2) is 23.3 Å². The van der Waals surface area contributed by atoms with E-state index in [1.54, 1.807) is 0 Å². The molecule has 5 heteroatoms. The Labute approximate surface area is 113 Å². The average Bonchev–Trinajstić information content (AvgIpc) is 2.37. The fourth-order valence-corrected chi connectivity index (χ4v) is 2.02. The van der Waals surface area contributed by atoms with Crippen molar-refractivity contribution in [3.63, 3.8) is 0 Å². The number of rotatable bonds is 2. The summed E-state index contributed by atoms with van der Waals surface area (Å²) in [5.41, 5.74) is 2.16. The second-order valence-corrected chi connectivity index (χ2v) is 5.50. The zero-order valence-electron chi connectivity index (χ0n) is 12.3. The normalized spacial score (nSPS) is 15.9. The number of hydrogen-bond acceptors (Lipinski definition) is 4. The van der Waals surface area contributed by atoms with Gasteiger partial charge in [-0.15, -0.1) is 0 Å². The van der Waals surface area contributed by atoms with E-state index < -0.39 is 4.92 Å². The molecule has 0 aromatic carbocycles. The van der Waals surface area contributed by atoms with E-state index in [1.807, 2.05) is 33.1 Å². The Morgan fingerprint density at radius 1 is 1.47 bits per heavy atom. The fraction of sp³-hybridized carbons (Fsp3) is 0.429. The molecular formula is C14H17N3O2. The first kappa shape index (κ1) is 12.0. The Hall–Kier alpha value is -2.04. The zero-order chi connectivity index (χ0) is 14.9. The Balaban J connectivity index is 2.66. The van der Waals surface area contributed by atoms with E-state index in [2.05, 4.69) is 9.98 Å². The van der Waals surface area contributed by atoms with E-state index in [9.17, 15) is 10.1 Å². The maximum Gasteiger partial charge on any atom is 0.363 e. The number of allylic oxidation sites excluding steroid dienone is 1. The zero-order valence-corrected chi connectivity index (χ0v) is 11.3. The molecule has 0 spiro atoms. The second-order valence-electron chi connectivity index (χ2n) is 5.50. The summed E-state index contributed by atoms with van der Waals surface area (Å²) < 4.78 is 8.06. The maximum atomic E-state index is 10.9. The summed E-state index contributed by atoms with van der Waals surface area (Å²) in [5.74, 6) is -0.270. The predicted molar refractivity (Wildman–Crippen MR) is 75.5 cm³/mol. The first-order chi connectivity index (χ1) is 9.30. The van der Waals surface area contributed by atoms with Crippen molar-refractivity contribution in [3.05, 3.63) is 39.6 Å². The van der Waals surface area contributed by atoms with Crippen molar-refractivity contribution in [2.45, 2.75) is 32.6 Å². The summed E-state index contributed by atoms with van der Waals surface area (Å²) >= 11 is 0. The summed E-state index contributed by atoms with van der Waals surface area (Å²) in [6, 6.07) is 1.49. The molecule has 0 unspecified atom stereocenters. The van der Waals surface area contributed by atoms with Gasteiger partial charge in [0.2, 0.25) is 0 Å². The third-order valence-corrected chi connectivity index (χ3v) is 3.02. The molecule has 1 aliphatic heterocycles. The number of aromatic nitrogens is 1. The maximum absolute atomic E-state index is 10.9. The molecule has 0 atom stereocenters. The molecular weight excluding hydrogens is 242 g/mol. The first-order valence-corrected chi connectivity index (χ1v) is 6.15. The van der Waals surface area contributed by atoms with Crippen LogP contribution in [-0.4, -0.2) is 22.7 Å². The summed E-state index contributed by atoms with van der Waals surface area (Å²) in [6.45, 7) is 6.51. The van der Waals surface area contributed by atoms with Crippen LogP contribution in [0, 0.1) is 10.1 Å². The van der Waals surface area contributed by atoms with Crippen LogP contribution in [0.1, 0.15) is 39.7 Å². The molecule has 0 N–H and O–H groups in total. The molecule has 0 bridgehead atoms. The van der Waals surface area contributed by atoms with Crippen LogP contribution < -0.4 is 0 Å². The molecule has 2 heterocycles. The lowest BCUT2D eigenvalue weighted by molar-refractivity contribution is -0.389. The van der Waals surface area contributed by atoms with Gasteiger partial charge in [-0.05, 0) is 26.5 Å². The molecule has 100 valence electrons. The molecule has 1 aliphatic rings. The van der Waals surface area contributed by atoms with Crippen molar-refractivity contribution in [2.24, 2.45) is 4.99 Å². The van der Waals surface area contributed by atoms with Crippen LogP contribution in [-0.2, 0) is 5.41 Å². The molecule has 0 aliphatic carbocycles. The summed E-state index contributed by atoms with van der Waals surface area (Å²) in [4.78, 5) is 18.3. The number of aliphatic imine (C=N–C) groups is 1. The minimum absolute atomic E-state index is 0.0364. The van der Waals surface area contributed by atoms with Gasteiger partial charge in [-0.2, -0.15) is 0 Å². The van der Waals surface area contributed by atoms with Gasteiger partial charge in [-0.1, -0.05) is 26.8 Å². The van der Waals surface area contributed by atoms with Gasteiger partial charge in [-0.25, -0.2) is 0 Å². The fourth-order valence-electron chi connectivity index (χ4n) is 2.02. The van der Waals surface area contributed by atoms with Crippen LogP contribution in [0.5, 0.6) is 0 Å². The summed E-state index contributed by atoms with van der Waals surface area (Å²) in [5, 5.41) is 10.9. The summed E-state index contributed by atoms with van der Waals surface area (Å²) in [7, 11) is 0. The van der Waals surface area contributed by atoms with Gasteiger partial charge in [0, 0.05) is 24.3 Å². The van der Waals surface area contributed by atoms with Crippen molar-refractivity contribution < 1.29 is 6.29 Å². The number of nitro groups is 1. The van der Waals surface area contributed by atoms with E-state index >= 15 is 0 Å². The Morgan fingerprint density at radius 2 is 2.21 bits per heavy atom. The van der Waals surface area contributed by atoms with Gasteiger partial charge in [-0.3, -0.25) is 4.99 Å². The van der Waals surface area contributed by atoms with Gasteiger partial charge < -0.3 is 10.1 Å². The molecule has 0 radical (unpaired) electrons. The molecule has 0 amide bonds. The van der Waals surface area contributed by atoms with E-state index in [1.165, 1.54) is 6.07 Å². The van der Waals surface area contributed by atoms with Crippen molar-refractivity contribution in [2.75, 3.05) is 6.54 Å². The van der Waals surface area contributed by atoms with Crippen molar-refractivity contribution in [1.29, 1.82) is 0 Å². The lowest BCUT2D eigenvalue weighted by atomic mass is 9.82. The van der Waals surface area contributed by atoms with Crippen LogP contribution in [0.3, 0.4) is 0 Å². The lowest BCUT2D eigenvalue weighted by Crippen LogP contribution is -2.15. The first-order valence-electron chi connectivity index (χ1n) is 6.65. The van der Waals surface area contributed by atoms with E-state index in [0.29, 0.717) is 18.5 Å². The standard InChI is InChI=1S/C14H17N3O2/c1-14(2,3)12-8-13(17(18)19)16-9-11(12)10-4-6-15-7-5-10/h4,7-9H,5-6H2,1-3H3/i9D. The highest BCUT2D eigenvalue weighted by atomic mass is 16.6. The predicted octanol–water partition coefficient (Wildman–Crippen LogP) is 3.15. The van der Waals surface area contributed by atoms with Crippen LogP contribution in [0.4, 0.5) is 5.82 Å². The smallest absolute Gasteiger partial charge is 0.358 e. The van der Waals surface area contributed by atoms with Crippen molar-refractivity contribution in [1.82, 2.24) is 4.98 Å². The highest BCUT2D eigenvalue weighted by molar-refractivity contribution is 5.82. The third-order valence-electron chi connectivity index (χ3n) is 3.02. The SMILES string of the molecule is [2H]c1nc([N+](=O)[O-])cc(C(C)(C)C)c1C1=CCN=CC1. The van der Waals surface area contributed by atoms with E-state index in [0.717, 1.165) is 11.1 Å². The van der Waals surface area contributed by atoms with Crippen LogP contribution in [0.2, 0.25) is 0 Å². The molecule has 19 heavy (non-hydrogen) atoms. The van der Waals surface area contributed by atoms with Crippen molar-refractivity contribution in [3.8, 4) is 0 Å². The Kier molecular flexibility index (Phi) is 3.11. The average molecular weight is 260 g/mol. The van der Waals surface area contributed by atoms with Gasteiger partial charge in [0.25, 0.3) is 0 Å². The monoisotopic (exact) mass is 260 g/mol. The van der Waals surface area contributed by atoms with Gasteiger partial charge in [0.15, 0.2) is 0 Å². The van der Waals surface area contributed by atoms with Crippen LogP contribution in [0.25, 0.3) is 5.57 Å². The highest BCUT2D eigenvalue weighted by Crippen LogP contribution is 2.33. The van der Waals surface area contributed by atoms with E-state index in [-0.39, 0.29) is 17.4 Å². The number of nitrogens with zero attached hydrogens (tertiary/aromatic N) is 3. The van der Waals surface area contributed by atoms with Crippen molar-refractivity contribution >= 4 is 17.6 Å². The highest BCUT2D eigenvalue weighted by Gasteiger charge is 2.24. The molecule has 1 aromatic heterocycles. The summed E-state index contributed by atoms with van der Waals surface area (Å²) in [6.07, 6.45) is 4.36. The quantitative estimate of drug-likeness (QED) is 0.606. The largest absolute Gasteiger partial charge is 0.363 e. The Morgan fingerprint density at radius 3 is 2.74 bits per heavy atom. The molecule has 2 rings (SSSR count). The van der Waals surface area contributed by atoms with Crippen LogP contribution >= 0.6 is 0 Å². The van der Waals surface area contributed by atoms with Gasteiger partial charge in [0.05, 0.1) is 6.54 Å². The Bertz CT molecular complexity index is 616.